The van der Waals surface area contributed by atoms with Gasteiger partial charge < -0.3 is 4.57 Å². The van der Waals surface area contributed by atoms with Crippen LogP contribution in [0.15, 0.2) is 90.0 Å². The molecule has 1 aromatic heterocycles. The first-order chi connectivity index (χ1) is 16.5. The van der Waals surface area contributed by atoms with Crippen molar-refractivity contribution in [3.8, 4) is 5.69 Å². The van der Waals surface area contributed by atoms with Crippen molar-refractivity contribution < 1.29 is 4.79 Å². The Labute approximate surface area is 205 Å². The second kappa shape index (κ2) is 11.0. The van der Waals surface area contributed by atoms with E-state index in [-0.39, 0.29) is 5.91 Å². The molecule has 5 heteroatoms. The topological polar surface area (TPSA) is 46.4 Å². The summed E-state index contributed by atoms with van der Waals surface area (Å²) in [6.45, 7) is 6.23. The van der Waals surface area contributed by atoms with E-state index in [2.05, 4.69) is 90.5 Å². The van der Waals surface area contributed by atoms with Gasteiger partial charge in [-0.25, -0.2) is 5.43 Å². The average molecular weight is 468 g/mol. The number of hydrogen-bond acceptors (Lipinski definition) is 3. The van der Waals surface area contributed by atoms with Crippen molar-refractivity contribution >= 4 is 23.9 Å². The lowest BCUT2D eigenvalue weighted by molar-refractivity contribution is 0.0955. The number of aromatic nitrogens is 1. The highest BCUT2D eigenvalue weighted by molar-refractivity contribution is 7.97. The molecule has 0 unspecified atom stereocenters. The Morgan fingerprint density at radius 1 is 0.882 bits per heavy atom. The molecule has 1 N–H and O–H groups in total. The molecule has 0 aliphatic heterocycles. The quantitative estimate of drug-likeness (QED) is 0.234. The number of benzene rings is 3. The zero-order valence-corrected chi connectivity index (χ0v) is 20.6. The van der Waals surface area contributed by atoms with E-state index in [1.165, 1.54) is 16.7 Å². The minimum Gasteiger partial charge on any atom is -0.318 e. The van der Waals surface area contributed by atoms with E-state index >= 15 is 0 Å². The number of carbonyl (C=O) groups is 1. The molecule has 4 aromatic rings. The first-order valence-corrected chi connectivity index (χ1v) is 12.5. The number of thioether (sulfide) groups is 1. The monoisotopic (exact) mass is 467 g/mol. The van der Waals surface area contributed by atoms with Crippen molar-refractivity contribution in [2.45, 2.75) is 32.3 Å². The molecular formula is C29H29N3OS. The molecule has 34 heavy (non-hydrogen) atoms. The van der Waals surface area contributed by atoms with Gasteiger partial charge in [0.05, 0.1) is 6.21 Å². The van der Waals surface area contributed by atoms with Crippen LogP contribution in [0.4, 0.5) is 0 Å². The number of carbonyl (C=O) groups excluding carboxylic acids is 1. The summed E-state index contributed by atoms with van der Waals surface area (Å²) in [5.74, 6) is 1.67. The molecule has 1 heterocycles. The third-order valence-corrected chi connectivity index (χ3v) is 6.77. The van der Waals surface area contributed by atoms with E-state index in [0.29, 0.717) is 5.56 Å². The van der Waals surface area contributed by atoms with Crippen LogP contribution in [0.3, 0.4) is 0 Å². The first-order valence-electron chi connectivity index (χ1n) is 11.3. The van der Waals surface area contributed by atoms with E-state index < -0.39 is 0 Å². The number of amides is 1. The fourth-order valence-electron chi connectivity index (χ4n) is 3.92. The van der Waals surface area contributed by atoms with Gasteiger partial charge in [-0.3, -0.25) is 4.79 Å². The van der Waals surface area contributed by atoms with Crippen molar-refractivity contribution in [1.29, 1.82) is 0 Å². The largest absolute Gasteiger partial charge is 0.318 e. The highest BCUT2D eigenvalue weighted by Crippen LogP contribution is 2.21. The minimum absolute atomic E-state index is 0.216. The van der Waals surface area contributed by atoms with Gasteiger partial charge in [0.1, 0.15) is 0 Å². The summed E-state index contributed by atoms with van der Waals surface area (Å²) in [5, 5.41) is 4.21. The third-order valence-electron chi connectivity index (χ3n) is 5.70. The second-order valence-electron chi connectivity index (χ2n) is 8.38. The van der Waals surface area contributed by atoms with Crippen LogP contribution in [-0.2, 0) is 11.5 Å². The highest BCUT2D eigenvalue weighted by atomic mass is 32.2. The van der Waals surface area contributed by atoms with Crippen molar-refractivity contribution in [3.05, 3.63) is 124 Å². The molecule has 4 nitrogen and oxygen atoms in total. The van der Waals surface area contributed by atoms with Gasteiger partial charge in [0, 0.05) is 39.7 Å². The summed E-state index contributed by atoms with van der Waals surface area (Å²) in [4.78, 5) is 12.5. The van der Waals surface area contributed by atoms with Crippen LogP contribution in [0.5, 0.6) is 0 Å². The molecule has 0 fully saturated rings. The van der Waals surface area contributed by atoms with E-state index in [0.717, 1.165) is 34.1 Å². The zero-order valence-electron chi connectivity index (χ0n) is 19.8. The van der Waals surface area contributed by atoms with Gasteiger partial charge in [-0.05, 0) is 67.8 Å². The summed E-state index contributed by atoms with van der Waals surface area (Å²) >= 11 is 1.86. The summed E-state index contributed by atoms with van der Waals surface area (Å²) in [5.41, 5.74) is 11.3. The van der Waals surface area contributed by atoms with Crippen LogP contribution < -0.4 is 5.43 Å². The molecule has 3 aromatic carbocycles. The fourth-order valence-corrected chi connectivity index (χ4v) is 4.88. The lowest BCUT2D eigenvalue weighted by Gasteiger charge is -2.10. The number of rotatable bonds is 8. The maximum atomic E-state index is 12.5. The standard InChI is InChI=1S/C29H29N3OS/c1-21-8-7-11-28(16-21)32-22(2)17-27(23(32)3)18-30-31-29(33)26-14-12-25(13-15-26)20-34-19-24-9-5-4-6-10-24/h4-18H,19-20H2,1-3H3,(H,31,33)/b30-18+. The lowest BCUT2D eigenvalue weighted by Crippen LogP contribution is -2.17. The predicted octanol–water partition coefficient (Wildman–Crippen LogP) is 6.60. The van der Waals surface area contributed by atoms with E-state index in [1.54, 1.807) is 6.21 Å². The van der Waals surface area contributed by atoms with Crippen LogP contribution in [0.2, 0.25) is 0 Å². The zero-order chi connectivity index (χ0) is 23.9. The van der Waals surface area contributed by atoms with Crippen molar-refractivity contribution in [1.82, 2.24) is 9.99 Å². The number of hydrogen-bond donors (Lipinski definition) is 1. The van der Waals surface area contributed by atoms with E-state index in [9.17, 15) is 4.79 Å². The number of aryl methyl sites for hydroxylation is 2. The highest BCUT2D eigenvalue weighted by Gasteiger charge is 2.10. The Balaban J connectivity index is 1.34. The van der Waals surface area contributed by atoms with Gasteiger partial charge in [-0.2, -0.15) is 16.9 Å². The average Bonchev–Trinajstić information content (AvgIpc) is 3.13. The molecule has 1 amide bonds. The van der Waals surface area contributed by atoms with Crippen LogP contribution in [0.25, 0.3) is 5.69 Å². The van der Waals surface area contributed by atoms with Gasteiger partial charge in [-0.1, -0.05) is 54.6 Å². The molecule has 0 radical (unpaired) electrons. The summed E-state index contributed by atoms with van der Waals surface area (Å²) < 4.78 is 2.20. The Hall–Kier alpha value is -3.57. The summed E-state index contributed by atoms with van der Waals surface area (Å²) in [7, 11) is 0. The lowest BCUT2D eigenvalue weighted by atomic mass is 10.1. The number of nitrogens with zero attached hydrogens (tertiary/aromatic N) is 2. The third kappa shape index (κ3) is 5.86. The molecule has 0 saturated heterocycles. The van der Waals surface area contributed by atoms with Gasteiger partial charge in [-0.15, -0.1) is 0 Å². The van der Waals surface area contributed by atoms with Crippen molar-refractivity contribution in [2.75, 3.05) is 0 Å². The molecule has 0 spiro atoms. The predicted molar refractivity (Wildman–Crippen MR) is 143 cm³/mol. The Morgan fingerprint density at radius 3 is 2.29 bits per heavy atom. The van der Waals surface area contributed by atoms with E-state index in [4.69, 9.17) is 0 Å². The van der Waals surface area contributed by atoms with Crippen molar-refractivity contribution in [3.63, 3.8) is 0 Å². The molecule has 172 valence electrons. The van der Waals surface area contributed by atoms with Crippen molar-refractivity contribution in [2.24, 2.45) is 5.10 Å². The second-order valence-corrected chi connectivity index (χ2v) is 9.36. The van der Waals surface area contributed by atoms with Crippen LogP contribution in [0.1, 0.15) is 44.0 Å². The molecule has 0 saturated carbocycles. The Morgan fingerprint density at radius 2 is 1.59 bits per heavy atom. The normalized spacial score (nSPS) is 11.1. The molecule has 0 atom stereocenters. The maximum absolute atomic E-state index is 12.5. The van der Waals surface area contributed by atoms with Gasteiger partial charge in [0.2, 0.25) is 0 Å². The molecular weight excluding hydrogens is 438 g/mol. The smallest absolute Gasteiger partial charge is 0.271 e. The first kappa shape index (κ1) is 23.6. The van der Waals surface area contributed by atoms with Crippen LogP contribution in [0, 0.1) is 20.8 Å². The van der Waals surface area contributed by atoms with Crippen LogP contribution in [-0.4, -0.2) is 16.7 Å². The summed E-state index contributed by atoms with van der Waals surface area (Å²) in [6.07, 6.45) is 1.71. The van der Waals surface area contributed by atoms with Gasteiger partial charge >= 0.3 is 0 Å². The Kier molecular flexibility index (Phi) is 7.65. The van der Waals surface area contributed by atoms with Gasteiger partial charge in [0.25, 0.3) is 5.91 Å². The van der Waals surface area contributed by atoms with E-state index in [1.807, 2.05) is 42.1 Å². The molecule has 0 aliphatic rings. The molecule has 0 aliphatic carbocycles. The number of nitrogens with one attached hydrogen (secondary N) is 1. The van der Waals surface area contributed by atoms with Gasteiger partial charge in [0.15, 0.2) is 0 Å². The molecule has 0 bridgehead atoms. The number of hydrazone groups is 1. The SMILES string of the molecule is Cc1cccc(-n2c(C)cc(/C=N/NC(=O)c3ccc(CSCc4ccccc4)cc3)c2C)c1. The Bertz CT molecular complexity index is 1290. The fraction of sp³-hybridized carbons (Fsp3) is 0.172. The minimum atomic E-state index is -0.216. The van der Waals surface area contributed by atoms with Crippen LogP contribution >= 0.6 is 11.8 Å². The summed E-state index contributed by atoms with van der Waals surface area (Å²) in [6, 6.07) is 28.6. The molecule has 4 rings (SSSR count). The maximum Gasteiger partial charge on any atom is 0.271 e.